The van der Waals surface area contributed by atoms with Crippen LogP contribution in [0.15, 0.2) is 12.1 Å². The van der Waals surface area contributed by atoms with Gasteiger partial charge in [-0.15, -0.1) is 0 Å². The lowest BCUT2D eigenvalue weighted by atomic mass is 10.2. The fourth-order valence-electron chi connectivity index (χ4n) is 1.83. The van der Waals surface area contributed by atoms with Crippen LogP contribution < -0.4 is 5.32 Å². The van der Waals surface area contributed by atoms with Crippen LogP contribution in [0.1, 0.15) is 44.0 Å². The number of carbonyl (C=O) groups excluding carboxylic acids is 1. The van der Waals surface area contributed by atoms with Crippen molar-refractivity contribution in [3.63, 3.8) is 0 Å². The number of unbranched alkanes of at least 4 members (excludes halogenated alkanes) is 1. The second-order valence-electron chi connectivity index (χ2n) is 4.33. The zero-order valence-electron chi connectivity index (χ0n) is 11.9. The zero-order valence-corrected chi connectivity index (χ0v) is 12.6. The minimum Gasteiger partial charge on any atom is -0.370 e. The molecule has 1 aromatic heterocycles. The Hall–Kier alpha value is -1.29. The molecule has 0 aliphatic carbocycles. The number of nitrogens with zero attached hydrogens (tertiary/aromatic N) is 2. The molecule has 1 aromatic rings. The summed E-state index contributed by atoms with van der Waals surface area (Å²) < 4.78 is 0. The number of pyridine rings is 1. The second kappa shape index (κ2) is 8.00. The third-order valence-corrected chi connectivity index (χ3v) is 3.04. The van der Waals surface area contributed by atoms with E-state index in [0.717, 1.165) is 25.9 Å². The van der Waals surface area contributed by atoms with Crippen LogP contribution >= 0.6 is 11.6 Å². The van der Waals surface area contributed by atoms with Crippen molar-refractivity contribution in [2.24, 2.45) is 0 Å². The van der Waals surface area contributed by atoms with E-state index < -0.39 is 0 Å². The van der Waals surface area contributed by atoms with Crippen molar-refractivity contribution in [1.29, 1.82) is 0 Å². The molecule has 1 amide bonds. The Morgan fingerprint density at radius 3 is 2.68 bits per heavy atom. The molecule has 1 N–H and O–H groups in total. The Balaban J connectivity index is 2.90. The summed E-state index contributed by atoms with van der Waals surface area (Å²) in [5, 5.41) is 3.42. The van der Waals surface area contributed by atoms with Gasteiger partial charge in [-0.05, 0) is 32.4 Å². The molecule has 1 rings (SSSR count). The molecule has 0 radical (unpaired) electrons. The lowest BCUT2D eigenvalue weighted by Crippen LogP contribution is -2.31. The standard InChI is InChI=1S/C14H22ClN3O/c1-4-7-8-18(6-3)14(19)11-9-12(15)17-13(10-11)16-5-2/h9-10H,4-8H2,1-3H3,(H,16,17). The third-order valence-electron chi connectivity index (χ3n) is 2.85. The number of carbonyl (C=O) groups is 1. The van der Waals surface area contributed by atoms with E-state index in [1.807, 2.05) is 18.7 Å². The van der Waals surface area contributed by atoms with E-state index in [4.69, 9.17) is 11.6 Å². The first-order valence-corrected chi connectivity index (χ1v) is 7.20. The first-order valence-electron chi connectivity index (χ1n) is 6.83. The van der Waals surface area contributed by atoms with E-state index in [0.29, 0.717) is 23.1 Å². The van der Waals surface area contributed by atoms with Gasteiger partial charge in [0.25, 0.3) is 5.91 Å². The normalized spacial score (nSPS) is 10.3. The number of amides is 1. The molecule has 0 saturated carbocycles. The molecule has 4 nitrogen and oxygen atoms in total. The van der Waals surface area contributed by atoms with Crippen LogP contribution in [0.4, 0.5) is 5.82 Å². The first-order chi connectivity index (χ1) is 9.12. The lowest BCUT2D eigenvalue weighted by molar-refractivity contribution is 0.0762. The Labute approximate surface area is 120 Å². The second-order valence-corrected chi connectivity index (χ2v) is 4.72. The fraction of sp³-hybridized carbons (Fsp3) is 0.571. The van der Waals surface area contributed by atoms with Crippen LogP contribution in [-0.4, -0.2) is 35.4 Å². The Morgan fingerprint density at radius 1 is 1.37 bits per heavy atom. The van der Waals surface area contributed by atoms with Crippen molar-refractivity contribution in [3.05, 3.63) is 22.8 Å². The van der Waals surface area contributed by atoms with E-state index in [-0.39, 0.29) is 5.91 Å². The van der Waals surface area contributed by atoms with Crippen LogP contribution in [0.3, 0.4) is 0 Å². The molecule has 19 heavy (non-hydrogen) atoms. The molecule has 0 spiro atoms. The fourth-order valence-corrected chi connectivity index (χ4v) is 2.04. The van der Waals surface area contributed by atoms with Gasteiger partial charge in [-0.3, -0.25) is 4.79 Å². The highest BCUT2D eigenvalue weighted by atomic mass is 35.5. The summed E-state index contributed by atoms with van der Waals surface area (Å²) in [6, 6.07) is 3.38. The van der Waals surface area contributed by atoms with Gasteiger partial charge in [0.05, 0.1) is 0 Å². The molecule has 0 unspecified atom stereocenters. The molecule has 0 aliphatic heterocycles. The highest BCUT2D eigenvalue weighted by molar-refractivity contribution is 6.29. The molecule has 0 aromatic carbocycles. The molecule has 0 bridgehead atoms. The van der Waals surface area contributed by atoms with E-state index in [1.165, 1.54) is 0 Å². The Bertz CT molecular complexity index is 423. The zero-order chi connectivity index (χ0) is 14.3. The number of hydrogen-bond donors (Lipinski definition) is 1. The molecule has 1 heterocycles. The maximum Gasteiger partial charge on any atom is 0.254 e. The van der Waals surface area contributed by atoms with E-state index >= 15 is 0 Å². The summed E-state index contributed by atoms with van der Waals surface area (Å²) in [6.45, 7) is 8.31. The number of halogens is 1. The third kappa shape index (κ3) is 4.71. The van der Waals surface area contributed by atoms with Gasteiger partial charge in [0.15, 0.2) is 0 Å². The van der Waals surface area contributed by atoms with Gasteiger partial charge in [-0.2, -0.15) is 0 Å². The quantitative estimate of drug-likeness (QED) is 0.780. The lowest BCUT2D eigenvalue weighted by Gasteiger charge is -2.21. The van der Waals surface area contributed by atoms with Crippen LogP contribution in [0.2, 0.25) is 5.15 Å². The largest absolute Gasteiger partial charge is 0.370 e. The van der Waals surface area contributed by atoms with Crippen LogP contribution in [-0.2, 0) is 0 Å². The molecule has 5 heteroatoms. The summed E-state index contributed by atoms with van der Waals surface area (Å²) in [5.74, 6) is 0.657. The van der Waals surface area contributed by atoms with Gasteiger partial charge in [-0.25, -0.2) is 4.98 Å². The van der Waals surface area contributed by atoms with Gasteiger partial charge < -0.3 is 10.2 Å². The van der Waals surface area contributed by atoms with Crippen molar-refractivity contribution in [2.45, 2.75) is 33.6 Å². The van der Waals surface area contributed by atoms with Crippen molar-refractivity contribution < 1.29 is 4.79 Å². The van der Waals surface area contributed by atoms with E-state index in [2.05, 4.69) is 17.2 Å². The maximum atomic E-state index is 12.4. The molecule has 0 atom stereocenters. The predicted molar refractivity (Wildman–Crippen MR) is 79.9 cm³/mol. The number of anilines is 1. The van der Waals surface area contributed by atoms with Gasteiger partial charge in [-0.1, -0.05) is 24.9 Å². The number of rotatable bonds is 7. The molecular weight excluding hydrogens is 262 g/mol. The highest BCUT2D eigenvalue weighted by Gasteiger charge is 2.15. The van der Waals surface area contributed by atoms with Crippen molar-refractivity contribution >= 4 is 23.3 Å². The van der Waals surface area contributed by atoms with Gasteiger partial charge in [0.1, 0.15) is 11.0 Å². The highest BCUT2D eigenvalue weighted by Crippen LogP contribution is 2.16. The van der Waals surface area contributed by atoms with Crippen molar-refractivity contribution in [3.8, 4) is 0 Å². The molecular formula is C14H22ClN3O. The summed E-state index contributed by atoms with van der Waals surface area (Å²) in [6.07, 6.45) is 2.09. The summed E-state index contributed by atoms with van der Waals surface area (Å²) in [4.78, 5) is 18.4. The summed E-state index contributed by atoms with van der Waals surface area (Å²) in [7, 11) is 0. The maximum absolute atomic E-state index is 12.4. The van der Waals surface area contributed by atoms with Crippen LogP contribution in [0.5, 0.6) is 0 Å². The van der Waals surface area contributed by atoms with Crippen LogP contribution in [0, 0.1) is 0 Å². The Kier molecular flexibility index (Phi) is 6.64. The summed E-state index contributed by atoms with van der Waals surface area (Å²) in [5.41, 5.74) is 0.592. The number of hydrogen-bond acceptors (Lipinski definition) is 3. The predicted octanol–water partition coefficient (Wildman–Crippen LogP) is 3.43. The molecule has 0 aliphatic rings. The number of aromatic nitrogens is 1. The molecule has 0 saturated heterocycles. The van der Waals surface area contributed by atoms with Gasteiger partial charge in [0, 0.05) is 25.2 Å². The summed E-state index contributed by atoms with van der Waals surface area (Å²) >= 11 is 5.96. The topological polar surface area (TPSA) is 45.2 Å². The van der Waals surface area contributed by atoms with Crippen molar-refractivity contribution in [1.82, 2.24) is 9.88 Å². The monoisotopic (exact) mass is 283 g/mol. The van der Waals surface area contributed by atoms with Gasteiger partial charge >= 0.3 is 0 Å². The average Bonchev–Trinajstić information content (AvgIpc) is 2.39. The van der Waals surface area contributed by atoms with E-state index in [1.54, 1.807) is 12.1 Å². The first kappa shape index (κ1) is 15.8. The minimum absolute atomic E-state index is 0.0133. The molecule has 106 valence electrons. The van der Waals surface area contributed by atoms with Gasteiger partial charge in [0.2, 0.25) is 0 Å². The smallest absolute Gasteiger partial charge is 0.254 e. The minimum atomic E-state index is 0.0133. The average molecular weight is 284 g/mol. The molecule has 0 fully saturated rings. The van der Waals surface area contributed by atoms with Crippen molar-refractivity contribution in [2.75, 3.05) is 25.0 Å². The van der Waals surface area contributed by atoms with E-state index in [9.17, 15) is 4.79 Å². The van der Waals surface area contributed by atoms with Crippen LogP contribution in [0.25, 0.3) is 0 Å². The Morgan fingerprint density at radius 2 is 2.11 bits per heavy atom. The number of nitrogens with one attached hydrogen (secondary N) is 1. The SMILES string of the molecule is CCCCN(CC)C(=O)c1cc(Cl)nc(NCC)c1.